The van der Waals surface area contributed by atoms with Crippen LogP contribution in [0.15, 0.2) is 12.2 Å². The summed E-state index contributed by atoms with van der Waals surface area (Å²) in [6.45, 7) is 5.02. The molecule has 91 heavy (non-hydrogen) atoms. The zero-order chi connectivity index (χ0) is 65.6. The maximum atomic E-state index is 12.6. The lowest BCUT2D eigenvalue weighted by Crippen LogP contribution is -2.45. The summed E-state index contributed by atoms with van der Waals surface area (Å²) in [5.74, 6) is -0.00150. The molecular formula is C85H167NO5. The Bertz CT molecular complexity index is 1380. The second kappa shape index (κ2) is 81.0. The number of esters is 1. The number of hydrogen-bond acceptors (Lipinski definition) is 5. The van der Waals surface area contributed by atoms with Crippen molar-refractivity contribution < 1.29 is 24.5 Å². The fourth-order valence-corrected chi connectivity index (χ4v) is 13.9. The van der Waals surface area contributed by atoms with Gasteiger partial charge in [-0.3, -0.25) is 9.59 Å². The smallest absolute Gasteiger partial charge is 0.305 e. The summed E-state index contributed by atoms with van der Waals surface area (Å²) in [5, 5.41) is 23.5. The lowest BCUT2D eigenvalue weighted by molar-refractivity contribution is -0.143. The van der Waals surface area contributed by atoms with Crippen LogP contribution in [0.25, 0.3) is 0 Å². The Morgan fingerprint density at radius 1 is 0.297 bits per heavy atom. The van der Waals surface area contributed by atoms with Crippen molar-refractivity contribution in [3.05, 3.63) is 12.2 Å². The first kappa shape index (κ1) is 89.6. The fourth-order valence-electron chi connectivity index (χ4n) is 13.9. The number of carbonyl (C=O) groups excluding carboxylic acids is 2. The second-order valence-electron chi connectivity index (χ2n) is 29.5. The van der Waals surface area contributed by atoms with Crippen LogP contribution in [0.3, 0.4) is 0 Å². The Balaban J connectivity index is 3.34. The van der Waals surface area contributed by atoms with Crippen LogP contribution >= 0.6 is 0 Å². The van der Waals surface area contributed by atoms with Crippen molar-refractivity contribution in [2.75, 3.05) is 13.2 Å². The first-order valence-corrected chi connectivity index (χ1v) is 42.4. The quantitative estimate of drug-likeness (QED) is 0.0320. The van der Waals surface area contributed by atoms with Gasteiger partial charge in [-0.05, 0) is 51.4 Å². The van der Waals surface area contributed by atoms with Crippen molar-refractivity contribution in [2.24, 2.45) is 0 Å². The number of ether oxygens (including phenoxy) is 1. The average Bonchev–Trinajstić information content (AvgIpc) is 3.58. The van der Waals surface area contributed by atoms with Gasteiger partial charge in [-0.15, -0.1) is 0 Å². The van der Waals surface area contributed by atoms with Crippen LogP contribution in [0.1, 0.15) is 495 Å². The van der Waals surface area contributed by atoms with Crippen LogP contribution in [-0.4, -0.2) is 47.4 Å². The van der Waals surface area contributed by atoms with Gasteiger partial charge in [0.2, 0.25) is 5.91 Å². The standard InChI is InChI=1S/C85H167NO5/c1-3-5-7-9-11-13-15-17-19-21-22-23-24-34-37-40-43-46-49-53-57-61-65-69-73-77-83(88)82(81-87)86-84(89)78-74-70-66-62-58-54-50-47-44-41-38-35-32-30-28-26-25-27-29-31-33-36-39-42-45-48-52-56-60-64-68-72-76-80-91-85(90)79-75-71-67-63-59-55-51-20-18-16-14-12-10-8-6-4-2/h29,31,82-83,87-88H,3-28,30,32-81H2,1-2H3,(H,86,89)/b31-29-. The molecular weight excluding hydrogens is 1110 g/mol. The van der Waals surface area contributed by atoms with Crippen molar-refractivity contribution in [3.63, 3.8) is 0 Å². The number of amides is 1. The van der Waals surface area contributed by atoms with Crippen molar-refractivity contribution >= 4 is 11.9 Å². The van der Waals surface area contributed by atoms with E-state index in [0.29, 0.717) is 25.9 Å². The van der Waals surface area contributed by atoms with Gasteiger partial charge >= 0.3 is 5.97 Å². The van der Waals surface area contributed by atoms with Gasteiger partial charge in [0, 0.05) is 12.8 Å². The minimum Gasteiger partial charge on any atom is -0.466 e. The topological polar surface area (TPSA) is 95.9 Å². The maximum Gasteiger partial charge on any atom is 0.305 e. The Hall–Kier alpha value is -1.40. The van der Waals surface area contributed by atoms with E-state index in [2.05, 4.69) is 31.3 Å². The molecule has 0 fully saturated rings. The highest BCUT2D eigenvalue weighted by Gasteiger charge is 2.20. The molecule has 542 valence electrons. The molecule has 0 radical (unpaired) electrons. The van der Waals surface area contributed by atoms with E-state index in [0.717, 1.165) is 38.5 Å². The van der Waals surface area contributed by atoms with Crippen molar-refractivity contribution in [1.29, 1.82) is 0 Å². The number of aliphatic hydroxyl groups is 2. The number of unbranched alkanes of at least 4 members (excludes halogenated alkanes) is 68. The number of rotatable bonds is 81. The molecule has 3 N–H and O–H groups in total. The molecule has 6 heteroatoms. The number of carbonyl (C=O) groups is 2. The number of nitrogens with one attached hydrogen (secondary N) is 1. The molecule has 0 aliphatic rings. The highest BCUT2D eigenvalue weighted by Crippen LogP contribution is 2.21. The van der Waals surface area contributed by atoms with Crippen molar-refractivity contribution in [3.8, 4) is 0 Å². The lowest BCUT2D eigenvalue weighted by atomic mass is 10.0. The second-order valence-corrected chi connectivity index (χ2v) is 29.5. The van der Waals surface area contributed by atoms with Crippen LogP contribution in [0.4, 0.5) is 0 Å². The molecule has 0 aromatic carbocycles. The third-order valence-corrected chi connectivity index (χ3v) is 20.3. The summed E-state index contributed by atoms with van der Waals surface area (Å²) in [6, 6.07) is -0.540. The number of aliphatic hydroxyl groups excluding tert-OH is 2. The average molecular weight is 1280 g/mol. The Morgan fingerprint density at radius 2 is 0.516 bits per heavy atom. The van der Waals surface area contributed by atoms with Crippen molar-refractivity contribution in [2.45, 2.75) is 508 Å². The molecule has 0 heterocycles. The maximum absolute atomic E-state index is 12.6. The van der Waals surface area contributed by atoms with Gasteiger partial charge in [0.15, 0.2) is 0 Å². The molecule has 0 saturated heterocycles. The molecule has 2 atom stereocenters. The Labute approximate surface area is 571 Å². The van der Waals surface area contributed by atoms with E-state index in [-0.39, 0.29) is 18.5 Å². The van der Waals surface area contributed by atoms with Gasteiger partial charge in [-0.1, -0.05) is 443 Å². The van der Waals surface area contributed by atoms with E-state index < -0.39 is 12.1 Å². The van der Waals surface area contributed by atoms with Gasteiger partial charge in [-0.25, -0.2) is 0 Å². The summed E-state index contributed by atoms with van der Waals surface area (Å²) in [5.41, 5.74) is 0. The minimum atomic E-state index is -0.663. The van der Waals surface area contributed by atoms with E-state index in [1.54, 1.807) is 0 Å². The predicted molar refractivity (Wildman–Crippen MR) is 403 cm³/mol. The molecule has 0 bridgehead atoms. The van der Waals surface area contributed by atoms with Gasteiger partial charge < -0.3 is 20.3 Å². The van der Waals surface area contributed by atoms with E-state index in [9.17, 15) is 19.8 Å². The monoisotopic (exact) mass is 1280 g/mol. The van der Waals surface area contributed by atoms with Gasteiger partial charge in [0.25, 0.3) is 0 Å². The van der Waals surface area contributed by atoms with Crippen LogP contribution < -0.4 is 5.32 Å². The van der Waals surface area contributed by atoms with Gasteiger partial charge in [0.1, 0.15) is 0 Å². The van der Waals surface area contributed by atoms with Crippen LogP contribution in [0, 0.1) is 0 Å². The van der Waals surface area contributed by atoms with Gasteiger partial charge in [0.05, 0.1) is 25.4 Å². The first-order chi connectivity index (χ1) is 45.0. The lowest BCUT2D eigenvalue weighted by Gasteiger charge is -2.22. The van der Waals surface area contributed by atoms with E-state index >= 15 is 0 Å². The van der Waals surface area contributed by atoms with E-state index in [4.69, 9.17) is 4.74 Å². The van der Waals surface area contributed by atoms with Crippen LogP contribution in [0.5, 0.6) is 0 Å². The zero-order valence-corrected chi connectivity index (χ0v) is 62.4. The third kappa shape index (κ3) is 77.5. The summed E-state index contributed by atoms with van der Waals surface area (Å²) >= 11 is 0. The molecule has 6 nitrogen and oxygen atoms in total. The largest absolute Gasteiger partial charge is 0.466 e. The highest BCUT2D eigenvalue weighted by atomic mass is 16.5. The molecule has 0 aliphatic carbocycles. The number of allylic oxidation sites excluding steroid dienone is 2. The number of hydrogen-bond donors (Lipinski definition) is 3. The third-order valence-electron chi connectivity index (χ3n) is 20.3. The summed E-state index contributed by atoms with van der Waals surface area (Å²) in [6.07, 6.45) is 103. The molecule has 0 rings (SSSR count). The SMILES string of the molecule is CCCCCCCCCCCCCCCCCCCCCCCCCCCC(O)C(CO)NC(=O)CCCCCCCCCCCCCCCCCCC/C=C\CCCCCCCCCCCCCCOC(=O)CCCCCCCCCCCCCCCCCC. The van der Waals surface area contributed by atoms with Crippen LogP contribution in [0.2, 0.25) is 0 Å². The molecule has 2 unspecified atom stereocenters. The van der Waals surface area contributed by atoms with Gasteiger partial charge in [-0.2, -0.15) is 0 Å². The molecule has 0 aliphatic heterocycles. The molecule has 0 aromatic rings. The highest BCUT2D eigenvalue weighted by molar-refractivity contribution is 5.76. The molecule has 0 saturated carbocycles. The predicted octanol–water partition coefficient (Wildman–Crippen LogP) is 28.2. The summed E-state index contributed by atoms with van der Waals surface area (Å²) in [7, 11) is 0. The molecule has 0 aromatic heterocycles. The Kier molecular flexibility index (Phi) is 79.8. The summed E-state index contributed by atoms with van der Waals surface area (Å²) < 4.78 is 5.51. The zero-order valence-electron chi connectivity index (χ0n) is 62.4. The first-order valence-electron chi connectivity index (χ1n) is 42.4. The Morgan fingerprint density at radius 3 is 0.780 bits per heavy atom. The molecule has 0 spiro atoms. The minimum absolute atomic E-state index is 0.0237. The normalized spacial score (nSPS) is 12.4. The molecule has 1 amide bonds. The van der Waals surface area contributed by atoms with Crippen molar-refractivity contribution in [1.82, 2.24) is 5.32 Å². The summed E-state index contributed by atoms with van der Waals surface area (Å²) in [4.78, 5) is 24.7. The van der Waals surface area contributed by atoms with Crippen LogP contribution in [-0.2, 0) is 14.3 Å². The van der Waals surface area contributed by atoms with E-state index in [1.807, 2.05) is 0 Å². The van der Waals surface area contributed by atoms with E-state index in [1.165, 1.54) is 424 Å². The fraction of sp³-hybridized carbons (Fsp3) is 0.953.